The fourth-order valence-corrected chi connectivity index (χ4v) is 5.80. The molecule has 1 amide bonds. The summed E-state index contributed by atoms with van der Waals surface area (Å²) in [4.78, 5) is 15.7. The molecule has 1 atom stereocenters. The Bertz CT molecular complexity index is 1340. The van der Waals surface area contributed by atoms with E-state index in [1.807, 2.05) is 42.5 Å². The van der Waals surface area contributed by atoms with E-state index in [0.29, 0.717) is 12.0 Å². The van der Waals surface area contributed by atoms with Gasteiger partial charge in [0.05, 0.1) is 23.1 Å². The van der Waals surface area contributed by atoms with Crippen LogP contribution in [-0.4, -0.2) is 23.8 Å². The van der Waals surface area contributed by atoms with E-state index in [-0.39, 0.29) is 11.9 Å². The van der Waals surface area contributed by atoms with Crippen molar-refractivity contribution in [3.8, 4) is 12.1 Å². The maximum absolute atomic E-state index is 13.3. The molecule has 1 saturated carbocycles. The predicted molar refractivity (Wildman–Crippen MR) is 132 cm³/mol. The minimum Gasteiger partial charge on any atom is -0.328 e. The number of carbonyl (C=O) groups excluding carboxylic acids is 1. The highest BCUT2D eigenvalue weighted by atomic mass is 32.2. The van der Waals surface area contributed by atoms with Gasteiger partial charge >= 0.3 is 0 Å². The van der Waals surface area contributed by atoms with Crippen LogP contribution in [0.15, 0.2) is 64.5 Å². The van der Waals surface area contributed by atoms with Crippen LogP contribution in [-0.2, 0) is 10.2 Å². The van der Waals surface area contributed by atoms with Gasteiger partial charge in [0.15, 0.2) is 0 Å². The van der Waals surface area contributed by atoms with Gasteiger partial charge < -0.3 is 5.32 Å². The Labute approximate surface area is 203 Å². The Morgan fingerprint density at radius 2 is 1.94 bits per heavy atom. The molecule has 1 saturated heterocycles. The predicted octanol–water partition coefficient (Wildman–Crippen LogP) is 4.97. The second kappa shape index (κ2) is 8.52. The van der Waals surface area contributed by atoms with Gasteiger partial charge in [0.2, 0.25) is 11.9 Å². The van der Waals surface area contributed by atoms with E-state index >= 15 is 0 Å². The van der Waals surface area contributed by atoms with Crippen LogP contribution in [0.3, 0.4) is 0 Å². The smallest absolute Gasteiger partial charge is 0.242 e. The topological polar surface area (TPSA) is 104 Å². The highest BCUT2D eigenvalue weighted by molar-refractivity contribution is 8.06. The molecule has 7 heteroatoms. The molecule has 2 aromatic rings. The zero-order valence-electron chi connectivity index (χ0n) is 18.8. The number of amides is 1. The summed E-state index contributed by atoms with van der Waals surface area (Å²) in [6.45, 7) is 0. The van der Waals surface area contributed by atoms with E-state index in [9.17, 15) is 15.3 Å². The van der Waals surface area contributed by atoms with Crippen molar-refractivity contribution in [2.45, 2.75) is 37.0 Å². The Kier molecular flexibility index (Phi) is 5.51. The zero-order chi connectivity index (χ0) is 23.9. The quantitative estimate of drug-likeness (QED) is 0.666. The Hall–Kier alpha value is -3.81. The molecule has 2 aromatic carbocycles. The van der Waals surface area contributed by atoms with Crippen LogP contribution in [0.5, 0.6) is 0 Å². The van der Waals surface area contributed by atoms with E-state index in [2.05, 4.69) is 22.9 Å². The lowest BCUT2D eigenvalue weighted by Gasteiger charge is -2.36. The first kappa shape index (κ1) is 22.0. The second-order valence-electron chi connectivity index (χ2n) is 8.94. The number of likely N-dealkylation sites (N-methyl/N-ethyl adjacent to an activating group) is 1. The fraction of sp³-hybridized carbons (Fsp3) is 0.259. The summed E-state index contributed by atoms with van der Waals surface area (Å²) in [5.74, 6) is -0.648. The van der Waals surface area contributed by atoms with Gasteiger partial charge in [0.1, 0.15) is 5.92 Å². The van der Waals surface area contributed by atoms with Gasteiger partial charge in [-0.3, -0.25) is 15.1 Å². The van der Waals surface area contributed by atoms with Gasteiger partial charge in [-0.1, -0.05) is 48.2 Å². The molecule has 3 aliphatic rings. The third kappa shape index (κ3) is 3.59. The number of guanidine groups is 1. The number of nitrogens with zero attached hydrogens (tertiary/aromatic N) is 3. The zero-order valence-corrected chi connectivity index (χ0v) is 19.6. The maximum Gasteiger partial charge on any atom is 0.242 e. The first-order chi connectivity index (χ1) is 16.5. The number of rotatable bonds is 3. The summed E-state index contributed by atoms with van der Waals surface area (Å²) in [7, 11) is 1.61. The van der Waals surface area contributed by atoms with Crippen molar-refractivity contribution >= 4 is 29.2 Å². The van der Waals surface area contributed by atoms with Gasteiger partial charge in [0, 0.05) is 24.1 Å². The second-order valence-corrected chi connectivity index (χ2v) is 9.90. The number of allylic oxidation sites excluding steroid dienone is 2. The number of hydrogen-bond donors (Lipinski definition) is 2. The van der Waals surface area contributed by atoms with Crippen LogP contribution >= 0.6 is 11.8 Å². The minimum atomic E-state index is -0.548. The lowest BCUT2D eigenvalue weighted by Crippen LogP contribution is -2.51. The highest BCUT2D eigenvalue weighted by Crippen LogP contribution is 2.46. The summed E-state index contributed by atoms with van der Waals surface area (Å²) in [5, 5.41) is 32.4. The third-order valence-electron chi connectivity index (χ3n) is 7.03. The van der Waals surface area contributed by atoms with E-state index < -0.39 is 11.3 Å². The van der Waals surface area contributed by atoms with Crippen molar-refractivity contribution in [1.82, 2.24) is 10.2 Å². The van der Waals surface area contributed by atoms with Crippen LogP contribution in [0.4, 0.5) is 0 Å². The Balaban J connectivity index is 1.49. The molecule has 6 nitrogen and oxygen atoms in total. The lowest BCUT2D eigenvalue weighted by molar-refractivity contribution is -0.128. The summed E-state index contributed by atoms with van der Waals surface area (Å²) in [6, 6.07) is 20.0. The van der Waals surface area contributed by atoms with Crippen molar-refractivity contribution in [3.63, 3.8) is 0 Å². The molecule has 0 aromatic heterocycles. The average Bonchev–Trinajstić information content (AvgIpc) is 3.33. The lowest BCUT2D eigenvalue weighted by atomic mass is 9.65. The Morgan fingerprint density at radius 1 is 1.18 bits per heavy atom. The molecule has 0 radical (unpaired) electrons. The third-order valence-corrected chi connectivity index (χ3v) is 8.08. The molecule has 1 aliphatic carbocycles. The first-order valence-electron chi connectivity index (χ1n) is 11.2. The van der Waals surface area contributed by atoms with Crippen LogP contribution in [0, 0.1) is 28.1 Å². The molecule has 0 spiro atoms. The summed E-state index contributed by atoms with van der Waals surface area (Å²) < 4.78 is 0. The molecule has 2 heterocycles. The first-order valence-corrected chi connectivity index (χ1v) is 12.1. The number of hydrogen-bond acceptors (Lipinski definition) is 5. The molecule has 34 heavy (non-hydrogen) atoms. The fourth-order valence-electron chi connectivity index (χ4n) is 4.76. The van der Waals surface area contributed by atoms with Crippen molar-refractivity contribution in [2.24, 2.45) is 0 Å². The van der Waals surface area contributed by atoms with Crippen molar-refractivity contribution < 1.29 is 4.79 Å². The SMILES string of the molecule is CN1C(=N)N/C(=C2\CC(c3cccc(C#N)c3)=CS2)[C@@H](c2ccc(C3(C#N)CCC3)cc2)C1=O. The van der Waals surface area contributed by atoms with Crippen LogP contribution in [0.1, 0.15) is 53.9 Å². The number of benzene rings is 2. The molecule has 0 unspecified atom stereocenters. The molecule has 5 rings (SSSR count). The van der Waals surface area contributed by atoms with Crippen LogP contribution < -0.4 is 5.32 Å². The van der Waals surface area contributed by atoms with E-state index in [1.165, 1.54) is 4.90 Å². The van der Waals surface area contributed by atoms with E-state index in [1.54, 1.807) is 24.9 Å². The monoisotopic (exact) mass is 465 g/mol. The summed E-state index contributed by atoms with van der Waals surface area (Å²) in [5.41, 5.74) is 4.86. The number of nitrogens with one attached hydrogen (secondary N) is 2. The largest absolute Gasteiger partial charge is 0.328 e. The number of thioether (sulfide) groups is 1. The van der Waals surface area contributed by atoms with Gasteiger partial charge in [-0.15, -0.1) is 0 Å². The van der Waals surface area contributed by atoms with E-state index in [0.717, 1.165) is 52.1 Å². The van der Waals surface area contributed by atoms with E-state index in [4.69, 9.17) is 5.41 Å². The Morgan fingerprint density at radius 3 is 2.59 bits per heavy atom. The average molecular weight is 466 g/mol. The molecular formula is C27H23N5OS. The van der Waals surface area contributed by atoms with Crippen molar-refractivity contribution in [3.05, 3.63) is 86.8 Å². The molecule has 2 N–H and O–H groups in total. The minimum absolute atomic E-state index is 0.0544. The maximum atomic E-state index is 13.3. The van der Waals surface area contributed by atoms with Gasteiger partial charge in [-0.2, -0.15) is 10.5 Å². The summed E-state index contributed by atoms with van der Waals surface area (Å²) in [6.07, 6.45) is 3.44. The van der Waals surface area contributed by atoms with Crippen LogP contribution in [0.2, 0.25) is 0 Å². The number of nitriles is 2. The number of carbonyl (C=O) groups is 1. The molecular weight excluding hydrogens is 442 g/mol. The molecule has 0 bridgehead atoms. The summed E-state index contributed by atoms with van der Waals surface area (Å²) >= 11 is 1.55. The normalized spacial score (nSPS) is 23.4. The van der Waals surface area contributed by atoms with Crippen LogP contribution in [0.25, 0.3) is 5.57 Å². The van der Waals surface area contributed by atoms with Gasteiger partial charge in [-0.25, -0.2) is 0 Å². The molecule has 2 fully saturated rings. The molecule has 168 valence electrons. The highest BCUT2D eigenvalue weighted by Gasteiger charge is 2.40. The standard InChI is InChI=1S/C27H23N5OS/c1-32-25(33)23(18-6-8-21(9-7-18)27(16-29)10-3-11-27)24(31-26(32)30)22-13-20(15-34-22)19-5-2-4-17(12-19)14-28/h2,4-9,12,15,23H,3,10-11,13H2,1H3,(H2,30,31)/b24-22+/t23-/m1/s1. The molecule has 2 aliphatic heterocycles. The van der Waals surface area contributed by atoms with Crippen molar-refractivity contribution in [1.29, 1.82) is 15.9 Å². The van der Waals surface area contributed by atoms with Gasteiger partial charge in [0.25, 0.3) is 0 Å². The van der Waals surface area contributed by atoms with Crippen molar-refractivity contribution in [2.75, 3.05) is 7.05 Å². The van der Waals surface area contributed by atoms with Gasteiger partial charge in [-0.05, 0) is 59.1 Å².